The molecule has 0 aliphatic carbocycles. The molecule has 0 unspecified atom stereocenters. The fourth-order valence-corrected chi connectivity index (χ4v) is 2.12. The van der Waals surface area contributed by atoms with Gasteiger partial charge in [-0.2, -0.15) is 0 Å². The van der Waals surface area contributed by atoms with E-state index < -0.39 is 27.7 Å². The Bertz CT molecular complexity index is 911. The van der Waals surface area contributed by atoms with Crippen molar-refractivity contribution >= 4 is 17.3 Å². The van der Waals surface area contributed by atoms with Gasteiger partial charge in [0.2, 0.25) is 0 Å². The summed E-state index contributed by atoms with van der Waals surface area (Å²) in [6.45, 7) is 1.87. The van der Waals surface area contributed by atoms with Crippen molar-refractivity contribution in [3.8, 4) is 5.69 Å². The van der Waals surface area contributed by atoms with E-state index >= 15 is 0 Å². The fourth-order valence-electron chi connectivity index (χ4n) is 1.94. The number of aromatic amines is 1. The van der Waals surface area contributed by atoms with E-state index in [-0.39, 0.29) is 17.3 Å². The molecule has 2 aromatic rings. The largest absolute Gasteiger partial charge is 0.340 e. The highest BCUT2D eigenvalue weighted by molar-refractivity contribution is 6.32. The van der Waals surface area contributed by atoms with Crippen LogP contribution in [0.5, 0.6) is 0 Å². The van der Waals surface area contributed by atoms with E-state index in [9.17, 15) is 24.5 Å². The molecule has 2 rings (SSSR count). The van der Waals surface area contributed by atoms with Crippen molar-refractivity contribution < 1.29 is 4.92 Å². The van der Waals surface area contributed by atoms with Crippen LogP contribution in [0.1, 0.15) is 13.3 Å². The van der Waals surface area contributed by atoms with Crippen LogP contribution in [0.15, 0.2) is 32.6 Å². The van der Waals surface area contributed by atoms with Crippen molar-refractivity contribution in [1.82, 2.24) is 14.1 Å². The maximum atomic E-state index is 12.3. The molecule has 0 atom stereocenters. The molecular weight excluding hydrogens is 316 g/mol. The normalized spacial score (nSPS) is 10.6. The van der Waals surface area contributed by atoms with Crippen LogP contribution in [0.2, 0.25) is 5.02 Å². The Morgan fingerprint density at radius 2 is 1.95 bits per heavy atom. The number of benzene rings is 1. The second-order valence-electron chi connectivity index (χ2n) is 4.40. The molecular formula is C12H11ClN4O5. The van der Waals surface area contributed by atoms with Crippen molar-refractivity contribution in [2.24, 2.45) is 0 Å². The zero-order chi connectivity index (χ0) is 16.4. The van der Waals surface area contributed by atoms with Gasteiger partial charge in [0.05, 0.1) is 10.6 Å². The Hall–Kier alpha value is -2.68. The van der Waals surface area contributed by atoms with Gasteiger partial charge in [-0.05, 0) is 18.6 Å². The minimum atomic E-state index is -0.973. The van der Waals surface area contributed by atoms with E-state index in [2.05, 4.69) is 0 Å². The first-order valence-electron chi connectivity index (χ1n) is 6.27. The molecule has 10 heteroatoms. The van der Waals surface area contributed by atoms with E-state index in [1.807, 2.05) is 4.98 Å². The number of rotatable bonds is 4. The van der Waals surface area contributed by atoms with Crippen LogP contribution < -0.4 is 17.1 Å². The Labute approximate surface area is 127 Å². The van der Waals surface area contributed by atoms with E-state index in [0.29, 0.717) is 11.0 Å². The predicted octanol–water partition coefficient (Wildman–Crippen LogP) is 0.659. The van der Waals surface area contributed by atoms with Crippen molar-refractivity contribution in [1.29, 1.82) is 0 Å². The number of nitrogens with zero attached hydrogens (tertiary/aromatic N) is 3. The third-order valence-electron chi connectivity index (χ3n) is 2.92. The molecule has 0 bridgehead atoms. The Balaban J connectivity index is 2.78. The van der Waals surface area contributed by atoms with Gasteiger partial charge in [0, 0.05) is 12.6 Å². The molecule has 0 fully saturated rings. The Morgan fingerprint density at radius 1 is 1.27 bits per heavy atom. The van der Waals surface area contributed by atoms with Crippen LogP contribution >= 0.6 is 11.6 Å². The summed E-state index contributed by atoms with van der Waals surface area (Å²) in [7, 11) is 0. The van der Waals surface area contributed by atoms with E-state index in [4.69, 9.17) is 11.6 Å². The maximum absolute atomic E-state index is 12.3. The molecule has 1 aromatic carbocycles. The SMILES string of the molecule is CCCn1c(=O)[nH]c(=O)n(-c2ccc(Cl)c([N+](=O)[O-])c2)c1=O. The van der Waals surface area contributed by atoms with Crippen molar-refractivity contribution in [2.45, 2.75) is 19.9 Å². The van der Waals surface area contributed by atoms with Gasteiger partial charge in [-0.15, -0.1) is 0 Å². The average molecular weight is 327 g/mol. The lowest BCUT2D eigenvalue weighted by Crippen LogP contribution is -2.48. The Kier molecular flexibility index (Phi) is 4.27. The summed E-state index contributed by atoms with van der Waals surface area (Å²) in [5, 5.41) is 10.8. The summed E-state index contributed by atoms with van der Waals surface area (Å²) in [6, 6.07) is 3.49. The molecule has 0 spiro atoms. The van der Waals surface area contributed by atoms with Crippen molar-refractivity contribution in [2.75, 3.05) is 0 Å². The predicted molar refractivity (Wildman–Crippen MR) is 78.9 cm³/mol. The highest BCUT2D eigenvalue weighted by Gasteiger charge is 2.17. The third-order valence-corrected chi connectivity index (χ3v) is 3.24. The standard InChI is InChI=1S/C12H11ClN4O5/c1-2-5-15-10(18)14-11(19)16(12(15)20)7-3-4-8(13)9(6-7)17(21)22/h3-4,6H,2,5H2,1H3,(H,14,18,19). The molecule has 0 aliphatic heterocycles. The third kappa shape index (κ3) is 2.70. The Morgan fingerprint density at radius 3 is 2.55 bits per heavy atom. The summed E-state index contributed by atoms with van der Waals surface area (Å²) in [4.78, 5) is 47.9. The second-order valence-corrected chi connectivity index (χ2v) is 4.80. The molecule has 0 saturated carbocycles. The van der Waals surface area contributed by atoms with Crippen LogP contribution in [-0.2, 0) is 6.54 Å². The van der Waals surface area contributed by atoms with Gasteiger partial charge in [0.25, 0.3) is 5.69 Å². The molecule has 9 nitrogen and oxygen atoms in total. The lowest BCUT2D eigenvalue weighted by Gasteiger charge is -2.08. The summed E-state index contributed by atoms with van der Waals surface area (Å²) in [6.07, 6.45) is 0.502. The molecule has 0 saturated heterocycles. The lowest BCUT2D eigenvalue weighted by molar-refractivity contribution is -0.384. The highest BCUT2D eigenvalue weighted by Crippen LogP contribution is 2.25. The number of aromatic nitrogens is 3. The van der Waals surface area contributed by atoms with Gasteiger partial charge in [0.15, 0.2) is 0 Å². The van der Waals surface area contributed by atoms with Crippen LogP contribution in [0.25, 0.3) is 5.69 Å². The van der Waals surface area contributed by atoms with Crippen LogP contribution in [0.4, 0.5) is 5.69 Å². The van der Waals surface area contributed by atoms with E-state index in [1.165, 1.54) is 12.1 Å². The zero-order valence-electron chi connectivity index (χ0n) is 11.4. The smallest absolute Gasteiger partial charge is 0.258 e. The average Bonchev–Trinajstić information content (AvgIpc) is 2.44. The van der Waals surface area contributed by atoms with Gasteiger partial charge in [0.1, 0.15) is 5.02 Å². The molecule has 116 valence electrons. The summed E-state index contributed by atoms with van der Waals surface area (Å²) in [5.41, 5.74) is -3.16. The summed E-state index contributed by atoms with van der Waals surface area (Å²) in [5.74, 6) is 0. The summed E-state index contributed by atoms with van der Waals surface area (Å²) >= 11 is 5.69. The zero-order valence-corrected chi connectivity index (χ0v) is 12.2. The molecule has 1 aromatic heterocycles. The molecule has 1 heterocycles. The van der Waals surface area contributed by atoms with Gasteiger partial charge in [-0.25, -0.2) is 23.5 Å². The molecule has 1 N–H and O–H groups in total. The van der Waals surface area contributed by atoms with E-state index in [1.54, 1.807) is 6.92 Å². The van der Waals surface area contributed by atoms with Crippen LogP contribution in [-0.4, -0.2) is 19.0 Å². The van der Waals surface area contributed by atoms with Crippen molar-refractivity contribution in [3.05, 3.63) is 64.8 Å². The molecule has 22 heavy (non-hydrogen) atoms. The van der Waals surface area contributed by atoms with Gasteiger partial charge in [-0.3, -0.25) is 15.1 Å². The molecule has 0 radical (unpaired) electrons. The lowest BCUT2D eigenvalue weighted by atomic mass is 10.3. The topological polar surface area (TPSA) is 120 Å². The number of hydrogen-bond acceptors (Lipinski definition) is 5. The fraction of sp³-hybridized carbons (Fsp3) is 0.250. The number of nitro groups is 1. The number of halogens is 1. The van der Waals surface area contributed by atoms with Gasteiger partial charge < -0.3 is 0 Å². The van der Waals surface area contributed by atoms with Crippen LogP contribution in [0.3, 0.4) is 0 Å². The number of hydrogen-bond donors (Lipinski definition) is 1. The molecule has 0 aliphatic rings. The highest BCUT2D eigenvalue weighted by atomic mass is 35.5. The monoisotopic (exact) mass is 326 g/mol. The van der Waals surface area contributed by atoms with Gasteiger partial charge in [-0.1, -0.05) is 18.5 Å². The number of nitrogens with one attached hydrogen (secondary N) is 1. The first-order valence-corrected chi connectivity index (χ1v) is 6.65. The van der Waals surface area contributed by atoms with Crippen LogP contribution in [0, 0.1) is 10.1 Å². The summed E-state index contributed by atoms with van der Waals surface area (Å²) < 4.78 is 1.50. The van der Waals surface area contributed by atoms with Gasteiger partial charge >= 0.3 is 17.1 Å². The quantitative estimate of drug-likeness (QED) is 0.653. The molecule has 0 amide bonds. The minimum absolute atomic E-state index is 0.0489. The maximum Gasteiger partial charge on any atom is 0.340 e. The minimum Gasteiger partial charge on any atom is -0.258 e. The first kappa shape index (κ1) is 15.7. The second kappa shape index (κ2) is 5.98. The van der Waals surface area contributed by atoms with E-state index in [0.717, 1.165) is 10.6 Å². The number of H-pyrrole nitrogens is 1. The van der Waals surface area contributed by atoms with Crippen molar-refractivity contribution in [3.63, 3.8) is 0 Å². The number of nitro benzene ring substituents is 1. The first-order chi connectivity index (χ1) is 10.4.